The lowest BCUT2D eigenvalue weighted by molar-refractivity contribution is -0.122. The molecule has 0 saturated carbocycles. The molecule has 2 N–H and O–H groups in total. The molecule has 1 aliphatic rings. The molecule has 0 aromatic carbocycles. The molecule has 1 rings (SSSR count). The molecule has 1 heterocycles. The summed E-state index contributed by atoms with van der Waals surface area (Å²) in [5, 5.41) is 12.7. The average Bonchev–Trinajstić information content (AvgIpc) is 2.54. The van der Waals surface area contributed by atoms with Crippen LogP contribution in [0.5, 0.6) is 0 Å². The zero-order valence-corrected chi connectivity index (χ0v) is 8.95. The normalized spacial score (nSPS) is 29.8. The second-order valence-corrected chi connectivity index (χ2v) is 3.85. The van der Waals surface area contributed by atoms with E-state index in [-0.39, 0.29) is 18.6 Å². The number of hydrogen-bond acceptors (Lipinski definition) is 3. The maximum atomic E-state index is 11.2. The van der Waals surface area contributed by atoms with Gasteiger partial charge >= 0.3 is 0 Å². The van der Waals surface area contributed by atoms with E-state index in [1.165, 1.54) is 0 Å². The van der Waals surface area contributed by atoms with E-state index in [4.69, 9.17) is 11.2 Å². The monoisotopic (exact) mass is 211 g/mol. The van der Waals surface area contributed by atoms with Crippen LogP contribution >= 0.6 is 0 Å². The highest BCUT2D eigenvalue weighted by atomic mass is 16.5. The smallest absolute Gasteiger partial charge is 0.221 e. The topological polar surface area (TPSA) is 58.6 Å². The third-order valence-electron chi connectivity index (χ3n) is 2.75. The van der Waals surface area contributed by atoms with Crippen LogP contribution in [0.2, 0.25) is 0 Å². The fraction of sp³-hybridized carbons (Fsp3) is 0.727. The van der Waals surface area contributed by atoms with Gasteiger partial charge in [0.2, 0.25) is 5.91 Å². The van der Waals surface area contributed by atoms with Crippen molar-refractivity contribution in [3.63, 3.8) is 0 Å². The Hall–Kier alpha value is -1.05. The van der Waals surface area contributed by atoms with Gasteiger partial charge in [-0.15, -0.1) is 12.3 Å². The summed E-state index contributed by atoms with van der Waals surface area (Å²) in [7, 11) is 0. The predicted molar refractivity (Wildman–Crippen MR) is 56.1 cm³/mol. The highest BCUT2D eigenvalue weighted by Crippen LogP contribution is 2.24. The zero-order chi connectivity index (χ0) is 11.3. The van der Waals surface area contributed by atoms with Crippen molar-refractivity contribution in [2.24, 2.45) is 0 Å². The number of nitrogens with one attached hydrogen (secondary N) is 1. The van der Waals surface area contributed by atoms with Crippen molar-refractivity contribution in [2.75, 3.05) is 13.2 Å². The van der Waals surface area contributed by atoms with Crippen LogP contribution in [0.3, 0.4) is 0 Å². The van der Waals surface area contributed by atoms with Gasteiger partial charge in [-0.05, 0) is 6.92 Å². The summed E-state index contributed by atoms with van der Waals surface area (Å²) < 4.78 is 5.25. The maximum Gasteiger partial charge on any atom is 0.221 e. The Morgan fingerprint density at radius 3 is 3.07 bits per heavy atom. The molecule has 2 unspecified atom stereocenters. The van der Waals surface area contributed by atoms with Crippen LogP contribution in [0, 0.1) is 12.3 Å². The second kappa shape index (κ2) is 5.15. The van der Waals surface area contributed by atoms with Gasteiger partial charge in [0.25, 0.3) is 0 Å². The van der Waals surface area contributed by atoms with Crippen LogP contribution in [-0.4, -0.2) is 35.9 Å². The summed E-state index contributed by atoms with van der Waals surface area (Å²) in [5.41, 5.74) is -0.925. The molecule has 4 nitrogen and oxygen atoms in total. The predicted octanol–water partition coefficient (Wildman–Crippen LogP) is 0.0559. The number of aliphatic hydroxyl groups is 1. The molecular formula is C11H17NO3. The number of terminal acetylenes is 1. The molecule has 0 bridgehead atoms. The summed E-state index contributed by atoms with van der Waals surface area (Å²) >= 11 is 0. The first kappa shape index (κ1) is 12.0. The number of ether oxygens (including phenoxy) is 1. The van der Waals surface area contributed by atoms with E-state index in [0.29, 0.717) is 25.9 Å². The fourth-order valence-electron chi connectivity index (χ4n) is 1.53. The van der Waals surface area contributed by atoms with Crippen molar-refractivity contribution in [1.29, 1.82) is 0 Å². The minimum Gasteiger partial charge on any atom is -0.385 e. The van der Waals surface area contributed by atoms with E-state index in [0.717, 1.165) is 0 Å². The molecule has 0 aliphatic carbocycles. The number of hydrogen-bond donors (Lipinski definition) is 2. The van der Waals surface area contributed by atoms with E-state index >= 15 is 0 Å². The molecule has 15 heavy (non-hydrogen) atoms. The van der Waals surface area contributed by atoms with Crippen molar-refractivity contribution < 1.29 is 14.6 Å². The number of rotatable bonds is 4. The van der Waals surface area contributed by atoms with E-state index in [9.17, 15) is 9.90 Å². The van der Waals surface area contributed by atoms with Gasteiger partial charge in [-0.3, -0.25) is 4.79 Å². The van der Waals surface area contributed by atoms with Crippen LogP contribution in [0.15, 0.2) is 0 Å². The summed E-state index contributed by atoms with van der Waals surface area (Å²) in [4.78, 5) is 11.2. The lowest BCUT2D eigenvalue weighted by Gasteiger charge is -2.26. The zero-order valence-electron chi connectivity index (χ0n) is 8.95. The van der Waals surface area contributed by atoms with E-state index in [1.54, 1.807) is 6.92 Å². The van der Waals surface area contributed by atoms with E-state index < -0.39 is 5.60 Å². The van der Waals surface area contributed by atoms with E-state index in [2.05, 4.69) is 11.2 Å². The molecule has 1 saturated heterocycles. The summed E-state index contributed by atoms with van der Waals surface area (Å²) in [6.45, 7) is 2.58. The quantitative estimate of drug-likeness (QED) is 0.646. The number of carbonyl (C=O) groups is 1. The summed E-state index contributed by atoms with van der Waals surface area (Å²) in [6.07, 6.45) is 6.11. The highest BCUT2D eigenvalue weighted by Gasteiger charge is 2.39. The van der Waals surface area contributed by atoms with Gasteiger partial charge in [-0.1, -0.05) is 0 Å². The third kappa shape index (κ3) is 3.22. The standard InChI is InChI=1S/C11H17NO3/c1-3-4-5-10(13)12-8-11(14)6-7-15-9(11)2/h1,9,14H,4-8H2,2H3,(H,12,13). The van der Waals surface area contributed by atoms with Gasteiger partial charge in [-0.25, -0.2) is 0 Å². The van der Waals surface area contributed by atoms with Crippen LogP contribution in [0.4, 0.5) is 0 Å². The van der Waals surface area contributed by atoms with Crippen LogP contribution in [0.25, 0.3) is 0 Å². The van der Waals surface area contributed by atoms with Gasteiger partial charge in [0.15, 0.2) is 0 Å². The third-order valence-corrected chi connectivity index (χ3v) is 2.75. The van der Waals surface area contributed by atoms with Gasteiger partial charge in [-0.2, -0.15) is 0 Å². The molecular weight excluding hydrogens is 194 g/mol. The molecule has 84 valence electrons. The molecule has 0 aromatic rings. The van der Waals surface area contributed by atoms with Crippen molar-refractivity contribution in [1.82, 2.24) is 5.32 Å². The number of amides is 1. The largest absolute Gasteiger partial charge is 0.385 e. The van der Waals surface area contributed by atoms with Gasteiger partial charge in [0.05, 0.1) is 6.10 Å². The van der Waals surface area contributed by atoms with Crippen LogP contribution < -0.4 is 5.32 Å². The van der Waals surface area contributed by atoms with Crippen molar-refractivity contribution in [2.45, 2.75) is 37.9 Å². The molecule has 1 amide bonds. The van der Waals surface area contributed by atoms with Crippen LogP contribution in [-0.2, 0) is 9.53 Å². The Morgan fingerprint density at radius 2 is 2.53 bits per heavy atom. The lowest BCUT2D eigenvalue weighted by atomic mass is 9.97. The Labute approximate surface area is 90.0 Å². The molecule has 2 atom stereocenters. The maximum absolute atomic E-state index is 11.2. The minimum atomic E-state index is -0.925. The summed E-state index contributed by atoms with van der Waals surface area (Å²) in [6, 6.07) is 0. The summed E-state index contributed by atoms with van der Waals surface area (Å²) in [5.74, 6) is 2.27. The van der Waals surface area contributed by atoms with Crippen LogP contribution in [0.1, 0.15) is 26.2 Å². The Kier molecular flexibility index (Phi) is 4.13. The molecule has 1 fully saturated rings. The van der Waals surface area contributed by atoms with Crippen molar-refractivity contribution in [3.8, 4) is 12.3 Å². The molecule has 0 spiro atoms. The van der Waals surface area contributed by atoms with Crippen molar-refractivity contribution in [3.05, 3.63) is 0 Å². The van der Waals surface area contributed by atoms with Gasteiger partial charge in [0.1, 0.15) is 5.60 Å². The van der Waals surface area contributed by atoms with Gasteiger partial charge < -0.3 is 15.2 Å². The van der Waals surface area contributed by atoms with Crippen molar-refractivity contribution >= 4 is 5.91 Å². The average molecular weight is 211 g/mol. The first-order valence-electron chi connectivity index (χ1n) is 5.12. The van der Waals surface area contributed by atoms with E-state index in [1.807, 2.05) is 0 Å². The molecule has 0 radical (unpaired) electrons. The Balaban J connectivity index is 2.30. The second-order valence-electron chi connectivity index (χ2n) is 3.85. The Morgan fingerprint density at radius 1 is 1.80 bits per heavy atom. The van der Waals surface area contributed by atoms with Gasteiger partial charge in [0, 0.05) is 32.4 Å². The molecule has 4 heteroatoms. The minimum absolute atomic E-state index is 0.125. The molecule has 0 aromatic heterocycles. The molecule has 1 aliphatic heterocycles. The first-order valence-corrected chi connectivity index (χ1v) is 5.12. The number of carbonyl (C=O) groups excluding carboxylic acids is 1. The fourth-order valence-corrected chi connectivity index (χ4v) is 1.53. The Bertz CT molecular complexity index is 271. The SMILES string of the molecule is C#CCCC(=O)NCC1(O)CCOC1C. The highest BCUT2D eigenvalue weighted by molar-refractivity contribution is 5.76. The first-order chi connectivity index (χ1) is 7.08. The lowest BCUT2D eigenvalue weighted by Crippen LogP contribution is -2.47.